The number of hydrogen-bond acceptors (Lipinski definition) is 4. The molecule has 0 unspecified atom stereocenters. The van der Waals surface area contributed by atoms with Crippen molar-refractivity contribution in [3.63, 3.8) is 0 Å². The van der Waals surface area contributed by atoms with Crippen LogP contribution in [0, 0.1) is 6.92 Å². The molecule has 7 heteroatoms. The monoisotopic (exact) mass is 414 g/mol. The highest BCUT2D eigenvalue weighted by Crippen LogP contribution is 2.14. The largest absolute Gasteiger partial charge is 0.370 e. The maximum absolute atomic E-state index is 12.1. The number of nitrogens with one attached hydrogen (secondary N) is 1. The minimum atomic E-state index is -0.105. The van der Waals surface area contributed by atoms with Gasteiger partial charge in [0, 0.05) is 29.0 Å². The zero-order chi connectivity index (χ0) is 15.4. The van der Waals surface area contributed by atoms with Crippen LogP contribution in [0.5, 0.6) is 0 Å². The van der Waals surface area contributed by atoms with E-state index in [1.54, 1.807) is 16.8 Å². The zero-order valence-corrected chi connectivity index (χ0v) is 15.0. The molecule has 1 N–H and O–H groups in total. The van der Waals surface area contributed by atoms with Crippen molar-refractivity contribution in [3.05, 3.63) is 49.1 Å². The van der Waals surface area contributed by atoms with Crippen molar-refractivity contribution in [2.24, 2.45) is 0 Å². The van der Waals surface area contributed by atoms with Crippen LogP contribution in [0.2, 0.25) is 0 Å². The van der Waals surface area contributed by atoms with E-state index in [0.29, 0.717) is 16.8 Å². The van der Waals surface area contributed by atoms with Crippen LogP contribution in [0.1, 0.15) is 24.9 Å². The Kier molecular flexibility index (Phi) is 5.52. The lowest BCUT2D eigenvalue weighted by Gasteiger charge is -2.10. The zero-order valence-electron chi connectivity index (χ0n) is 11.9. The van der Waals surface area contributed by atoms with Crippen molar-refractivity contribution in [1.29, 1.82) is 0 Å². The van der Waals surface area contributed by atoms with Gasteiger partial charge in [0.05, 0.1) is 11.0 Å². The molecule has 0 fully saturated rings. The lowest BCUT2D eigenvalue weighted by Crippen LogP contribution is -2.22. The molecule has 21 heavy (non-hydrogen) atoms. The second-order valence-electron chi connectivity index (χ2n) is 4.68. The van der Waals surface area contributed by atoms with Crippen molar-refractivity contribution in [2.45, 2.75) is 26.8 Å². The van der Waals surface area contributed by atoms with E-state index >= 15 is 0 Å². The van der Waals surface area contributed by atoms with Crippen LogP contribution in [0.25, 0.3) is 0 Å². The van der Waals surface area contributed by atoms with Crippen molar-refractivity contribution >= 4 is 37.7 Å². The Morgan fingerprint density at radius 3 is 2.76 bits per heavy atom. The van der Waals surface area contributed by atoms with Gasteiger partial charge in [-0.1, -0.05) is 6.92 Å². The van der Waals surface area contributed by atoms with Gasteiger partial charge in [-0.2, -0.15) is 0 Å². The van der Waals surface area contributed by atoms with E-state index in [0.717, 1.165) is 29.0 Å². The van der Waals surface area contributed by atoms with Crippen LogP contribution in [0.15, 0.2) is 32.1 Å². The Labute approximate surface area is 140 Å². The first kappa shape index (κ1) is 16.2. The number of nitrogens with zero attached hydrogens (tertiary/aromatic N) is 3. The fourth-order valence-electron chi connectivity index (χ4n) is 1.88. The summed E-state index contributed by atoms with van der Waals surface area (Å²) in [6.07, 6.45) is 2.76. The maximum atomic E-state index is 12.1. The summed E-state index contributed by atoms with van der Waals surface area (Å²) in [7, 11) is 0. The Bertz CT molecular complexity index is 700. The Morgan fingerprint density at radius 2 is 2.05 bits per heavy atom. The topological polar surface area (TPSA) is 59.8 Å². The fraction of sp³-hybridized carbons (Fsp3) is 0.357. The van der Waals surface area contributed by atoms with Crippen LogP contribution >= 0.6 is 31.9 Å². The Hall–Kier alpha value is -1.21. The molecule has 2 heterocycles. The van der Waals surface area contributed by atoms with E-state index in [4.69, 9.17) is 0 Å². The quantitative estimate of drug-likeness (QED) is 0.813. The van der Waals surface area contributed by atoms with E-state index in [1.165, 1.54) is 0 Å². The fourth-order valence-corrected chi connectivity index (χ4v) is 3.14. The van der Waals surface area contributed by atoms with Gasteiger partial charge in [0.2, 0.25) is 0 Å². The van der Waals surface area contributed by atoms with E-state index in [1.807, 2.05) is 13.0 Å². The van der Waals surface area contributed by atoms with Gasteiger partial charge in [-0.25, -0.2) is 9.97 Å². The lowest BCUT2D eigenvalue weighted by atomic mass is 10.4. The molecular formula is C14H16Br2N4O. The van der Waals surface area contributed by atoms with Gasteiger partial charge in [0.15, 0.2) is 5.82 Å². The Morgan fingerprint density at radius 1 is 1.29 bits per heavy atom. The number of aromatic nitrogens is 3. The van der Waals surface area contributed by atoms with Gasteiger partial charge in [0.1, 0.15) is 5.82 Å². The molecule has 2 rings (SSSR count). The van der Waals surface area contributed by atoms with Crippen molar-refractivity contribution in [2.75, 3.05) is 11.9 Å². The molecule has 5 nitrogen and oxygen atoms in total. The summed E-state index contributed by atoms with van der Waals surface area (Å²) in [5, 5.41) is 3.24. The second kappa shape index (κ2) is 7.17. The average Bonchev–Trinajstić information content (AvgIpc) is 2.41. The van der Waals surface area contributed by atoms with Crippen LogP contribution < -0.4 is 10.9 Å². The summed E-state index contributed by atoms with van der Waals surface area (Å²) in [6, 6.07) is 3.63. The van der Waals surface area contributed by atoms with E-state index in [-0.39, 0.29) is 5.56 Å². The highest BCUT2D eigenvalue weighted by Gasteiger charge is 2.07. The number of anilines is 1. The number of hydrogen-bond donors (Lipinski definition) is 1. The lowest BCUT2D eigenvalue weighted by molar-refractivity contribution is 0.705. The van der Waals surface area contributed by atoms with Crippen LogP contribution in [-0.2, 0) is 6.54 Å². The SMILES string of the molecule is CCCNc1cc(C)nc(Cn2cc(Br)cc(Br)c2=O)n1. The highest BCUT2D eigenvalue weighted by atomic mass is 79.9. The number of halogens is 2. The van der Waals surface area contributed by atoms with Crippen molar-refractivity contribution in [3.8, 4) is 0 Å². The molecular weight excluding hydrogens is 400 g/mol. The summed E-state index contributed by atoms with van der Waals surface area (Å²) >= 11 is 6.64. The van der Waals surface area contributed by atoms with E-state index < -0.39 is 0 Å². The summed E-state index contributed by atoms with van der Waals surface area (Å²) in [6.45, 7) is 5.21. The van der Waals surface area contributed by atoms with Gasteiger partial charge in [-0.15, -0.1) is 0 Å². The first-order chi connectivity index (χ1) is 9.99. The first-order valence-corrected chi connectivity index (χ1v) is 8.22. The minimum absolute atomic E-state index is 0.105. The standard InChI is InChI=1S/C14H16Br2N4O/c1-3-4-17-12-5-9(2)18-13(19-12)8-20-7-10(15)6-11(16)14(20)21/h5-7H,3-4,8H2,1-2H3,(H,17,18,19). The smallest absolute Gasteiger partial charge is 0.265 e. The predicted molar refractivity (Wildman–Crippen MR) is 90.8 cm³/mol. The van der Waals surface area contributed by atoms with E-state index in [9.17, 15) is 4.79 Å². The first-order valence-electron chi connectivity index (χ1n) is 6.63. The van der Waals surface area contributed by atoms with Gasteiger partial charge < -0.3 is 9.88 Å². The molecule has 2 aromatic heterocycles. The number of rotatable bonds is 5. The van der Waals surface area contributed by atoms with Gasteiger partial charge in [-0.3, -0.25) is 4.79 Å². The molecule has 112 valence electrons. The molecule has 0 saturated carbocycles. The average molecular weight is 416 g/mol. The molecule has 0 aliphatic rings. The summed E-state index contributed by atoms with van der Waals surface area (Å²) < 4.78 is 2.91. The number of pyridine rings is 1. The van der Waals surface area contributed by atoms with Gasteiger partial charge in [0.25, 0.3) is 5.56 Å². The third-order valence-corrected chi connectivity index (χ3v) is 3.78. The predicted octanol–water partition coefficient (Wildman–Crippen LogP) is 3.34. The third-order valence-electron chi connectivity index (χ3n) is 2.78. The summed E-state index contributed by atoms with van der Waals surface area (Å²) in [5.41, 5.74) is 0.770. The molecule has 0 aromatic carbocycles. The molecule has 0 saturated heterocycles. The molecule has 0 spiro atoms. The molecule has 0 radical (unpaired) electrons. The summed E-state index contributed by atoms with van der Waals surface area (Å²) in [5.74, 6) is 1.40. The molecule has 0 atom stereocenters. The van der Waals surface area contributed by atoms with Crippen molar-refractivity contribution in [1.82, 2.24) is 14.5 Å². The van der Waals surface area contributed by atoms with Gasteiger partial charge in [-0.05, 0) is 51.3 Å². The molecule has 2 aromatic rings. The van der Waals surface area contributed by atoms with Crippen LogP contribution in [0.4, 0.5) is 5.82 Å². The minimum Gasteiger partial charge on any atom is -0.370 e. The van der Waals surface area contributed by atoms with Gasteiger partial charge >= 0.3 is 0 Å². The second-order valence-corrected chi connectivity index (χ2v) is 6.45. The van der Waals surface area contributed by atoms with Crippen molar-refractivity contribution < 1.29 is 0 Å². The molecule has 0 aliphatic carbocycles. The normalized spacial score (nSPS) is 10.7. The highest BCUT2D eigenvalue weighted by molar-refractivity contribution is 9.11. The van der Waals surface area contributed by atoms with Crippen LogP contribution in [0.3, 0.4) is 0 Å². The third kappa shape index (κ3) is 4.38. The molecule has 0 aliphatic heterocycles. The molecule has 0 amide bonds. The molecule has 0 bridgehead atoms. The number of aryl methyl sites for hydroxylation is 1. The van der Waals surface area contributed by atoms with Crippen LogP contribution in [-0.4, -0.2) is 21.1 Å². The summed E-state index contributed by atoms with van der Waals surface area (Å²) in [4.78, 5) is 20.9. The van der Waals surface area contributed by atoms with E-state index in [2.05, 4.69) is 54.1 Å². The Balaban J connectivity index is 2.31. The maximum Gasteiger partial charge on any atom is 0.265 e.